The highest BCUT2D eigenvalue weighted by molar-refractivity contribution is 14.0. The maximum atomic E-state index is 12.0. The van der Waals surface area contributed by atoms with Gasteiger partial charge in [0.25, 0.3) is 5.91 Å². The van der Waals surface area contributed by atoms with Crippen molar-refractivity contribution in [2.45, 2.75) is 33.5 Å². The van der Waals surface area contributed by atoms with Crippen LogP contribution in [0.2, 0.25) is 0 Å². The number of carbonyl (C=O) groups is 1. The summed E-state index contributed by atoms with van der Waals surface area (Å²) in [4.78, 5) is 20.3. The maximum absolute atomic E-state index is 12.0. The zero-order valence-corrected chi connectivity index (χ0v) is 21.6. The van der Waals surface area contributed by atoms with Gasteiger partial charge in [0, 0.05) is 46.3 Å². The van der Waals surface area contributed by atoms with Crippen LogP contribution in [0.5, 0.6) is 0 Å². The summed E-state index contributed by atoms with van der Waals surface area (Å²) in [6.45, 7) is 8.82. The smallest absolute Gasteiger partial charge is 0.253 e. The Hall–Kier alpha value is -2.13. The van der Waals surface area contributed by atoms with Gasteiger partial charge in [-0.05, 0) is 41.9 Å². The molecule has 31 heavy (non-hydrogen) atoms. The second-order valence-electron chi connectivity index (χ2n) is 7.46. The molecule has 0 aliphatic carbocycles. The molecule has 0 aromatic heterocycles. The summed E-state index contributed by atoms with van der Waals surface area (Å²) < 4.78 is 0. The van der Waals surface area contributed by atoms with Gasteiger partial charge in [0.15, 0.2) is 5.96 Å². The number of benzene rings is 2. The fraction of sp³-hybridized carbons (Fsp3) is 0.417. The number of nitrogens with one attached hydrogen (secondary N) is 2. The molecule has 0 saturated carbocycles. The van der Waals surface area contributed by atoms with E-state index in [9.17, 15) is 4.79 Å². The number of aliphatic imine (C=N–C) groups is 1. The summed E-state index contributed by atoms with van der Waals surface area (Å²) >= 11 is 0. The molecule has 0 bridgehead atoms. The first-order chi connectivity index (χ1) is 14.5. The molecule has 0 radical (unpaired) electrons. The van der Waals surface area contributed by atoms with Crippen molar-refractivity contribution in [3.8, 4) is 0 Å². The van der Waals surface area contributed by atoms with Gasteiger partial charge >= 0.3 is 0 Å². The second kappa shape index (κ2) is 14.0. The molecule has 0 aliphatic rings. The fourth-order valence-electron chi connectivity index (χ4n) is 3.16. The zero-order chi connectivity index (χ0) is 21.9. The minimum atomic E-state index is 0. The number of halogens is 1. The third-order valence-electron chi connectivity index (χ3n) is 5.04. The normalized spacial score (nSPS) is 11.1. The molecule has 6 nitrogen and oxygen atoms in total. The van der Waals surface area contributed by atoms with Gasteiger partial charge in [0.2, 0.25) is 0 Å². The van der Waals surface area contributed by atoms with Crippen molar-refractivity contribution < 1.29 is 4.79 Å². The lowest BCUT2D eigenvalue weighted by Gasteiger charge is -2.18. The lowest BCUT2D eigenvalue weighted by Crippen LogP contribution is -2.36. The molecule has 0 spiro atoms. The topological polar surface area (TPSA) is 60.0 Å². The number of amides is 1. The van der Waals surface area contributed by atoms with Crippen LogP contribution in [0.3, 0.4) is 0 Å². The number of nitrogens with zero attached hydrogens (tertiary/aromatic N) is 3. The van der Waals surface area contributed by atoms with E-state index in [4.69, 9.17) is 0 Å². The molecule has 0 atom stereocenters. The molecule has 0 heterocycles. The predicted octanol–water partition coefficient (Wildman–Crippen LogP) is 3.71. The van der Waals surface area contributed by atoms with Gasteiger partial charge in [-0.2, -0.15) is 0 Å². The molecule has 7 heteroatoms. The number of hydrogen-bond donors (Lipinski definition) is 2. The summed E-state index contributed by atoms with van der Waals surface area (Å²) in [5.41, 5.74) is 4.34. The van der Waals surface area contributed by atoms with Crippen LogP contribution >= 0.6 is 24.0 Å². The Labute approximate surface area is 204 Å². The molecule has 0 aliphatic heterocycles. The molecule has 2 aromatic carbocycles. The van der Waals surface area contributed by atoms with Gasteiger partial charge in [-0.1, -0.05) is 50.2 Å². The van der Waals surface area contributed by atoms with E-state index in [1.54, 1.807) is 26.0 Å². The Morgan fingerprint density at radius 3 is 2.03 bits per heavy atom. The first-order valence-corrected chi connectivity index (χ1v) is 10.5. The van der Waals surface area contributed by atoms with Gasteiger partial charge in [-0.3, -0.25) is 14.7 Å². The lowest BCUT2D eigenvalue weighted by atomic mass is 10.1. The molecule has 1 amide bonds. The van der Waals surface area contributed by atoms with Crippen molar-refractivity contribution in [3.05, 3.63) is 70.8 Å². The molecular weight excluding hydrogens is 501 g/mol. The Kier molecular flexibility index (Phi) is 12.2. The Balaban J connectivity index is 0.00000480. The predicted molar refractivity (Wildman–Crippen MR) is 140 cm³/mol. The molecular formula is C24H36IN5O. The number of rotatable bonds is 9. The van der Waals surface area contributed by atoms with Crippen LogP contribution in [-0.2, 0) is 19.6 Å². The van der Waals surface area contributed by atoms with Crippen molar-refractivity contribution in [2.24, 2.45) is 4.99 Å². The SMILES string of the molecule is CCN(CC)Cc1cccc(CNC(=NC)NCc2ccc(C(=O)N(C)C)cc2)c1.I. The lowest BCUT2D eigenvalue weighted by molar-refractivity contribution is 0.0827. The van der Waals surface area contributed by atoms with Gasteiger partial charge in [-0.15, -0.1) is 24.0 Å². The van der Waals surface area contributed by atoms with Crippen molar-refractivity contribution in [1.82, 2.24) is 20.4 Å². The molecule has 2 aromatic rings. The molecule has 2 rings (SSSR count). The second-order valence-corrected chi connectivity index (χ2v) is 7.46. The van der Waals surface area contributed by atoms with Gasteiger partial charge in [0.1, 0.15) is 0 Å². The number of hydrogen-bond acceptors (Lipinski definition) is 3. The monoisotopic (exact) mass is 537 g/mol. The average molecular weight is 537 g/mol. The van der Waals surface area contributed by atoms with E-state index in [2.05, 4.69) is 58.6 Å². The fourth-order valence-corrected chi connectivity index (χ4v) is 3.16. The van der Waals surface area contributed by atoms with Crippen molar-refractivity contribution in [2.75, 3.05) is 34.2 Å². The van der Waals surface area contributed by atoms with Crippen LogP contribution in [0, 0.1) is 0 Å². The summed E-state index contributed by atoms with van der Waals surface area (Å²) in [5, 5.41) is 6.70. The highest BCUT2D eigenvalue weighted by Gasteiger charge is 2.07. The van der Waals surface area contributed by atoms with Crippen LogP contribution in [0.4, 0.5) is 0 Å². The first-order valence-electron chi connectivity index (χ1n) is 10.5. The molecule has 170 valence electrons. The third-order valence-corrected chi connectivity index (χ3v) is 5.04. The van der Waals surface area contributed by atoms with Crippen LogP contribution in [0.1, 0.15) is 40.9 Å². The van der Waals surface area contributed by atoms with E-state index in [0.717, 1.165) is 31.2 Å². The zero-order valence-electron chi connectivity index (χ0n) is 19.3. The van der Waals surface area contributed by atoms with Gasteiger partial charge in [0.05, 0.1) is 0 Å². The number of carbonyl (C=O) groups excluding carboxylic acids is 1. The minimum Gasteiger partial charge on any atom is -0.352 e. The molecule has 0 saturated heterocycles. The summed E-state index contributed by atoms with van der Waals surface area (Å²) in [6.07, 6.45) is 0. The Bertz CT molecular complexity index is 832. The number of guanidine groups is 1. The largest absolute Gasteiger partial charge is 0.352 e. The highest BCUT2D eigenvalue weighted by atomic mass is 127. The van der Waals surface area contributed by atoms with Crippen LogP contribution in [-0.4, -0.2) is 55.9 Å². The quantitative estimate of drug-likeness (QED) is 0.291. The molecule has 0 fully saturated rings. The highest BCUT2D eigenvalue weighted by Crippen LogP contribution is 2.09. The third kappa shape index (κ3) is 8.86. The van der Waals surface area contributed by atoms with Crippen LogP contribution in [0.15, 0.2) is 53.5 Å². The Morgan fingerprint density at radius 2 is 1.48 bits per heavy atom. The Morgan fingerprint density at radius 1 is 0.903 bits per heavy atom. The van der Waals surface area contributed by atoms with E-state index >= 15 is 0 Å². The summed E-state index contributed by atoms with van der Waals surface area (Å²) in [5.74, 6) is 0.757. The summed E-state index contributed by atoms with van der Waals surface area (Å²) in [6, 6.07) is 16.3. The van der Waals surface area contributed by atoms with Crippen molar-refractivity contribution >= 4 is 35.8 Å². The van der Waals surface area contributed by atoms with E-state index in [1.807, 2.05) is 24.3 Å². The first kappa shape index (κ1) is 26.9. The van der Waals surface area contributed by atoms with Crippen LogP contribution < -0.4 is 10.6 Å². The standard InChI is InChI=1S/C24H35N5O.HI/c1-6-29(7-2)18-21-10-8-9-20(15-21)17-27-24(25-3)26-16-19-11-13-22(14-12-19)23(30)28(4)5;/h8-15H,6-7,16-18H2,1-5H3,(H2,25,26,27);1H. The maximum Gasteiger partial charge on any atom is 0.253 e. The van der Waals surface area contributed by atoms with E-state index in [1.165, 1.54) is 11.1 Å². The molecule has 0 unspecified atom stereocenters. The average Bonchev–Trinajstić information content (AvgIpc) is 2.77. The van der Waals surface area contributed by atoms with E-state index < -0.39 is 0 Å². The van der Waals surface area contributed by atoms with Gasteiger partial charge in [-0.25, -0.2) is 0 Å². The van der Waals surface area contributed by atoms with E-state index in [0.29, 0.717) is 18.7 Å². The summed E-state index contributed by atoms with van der Waals surface area (Å²) in [7, 11) is 5.28. The minimum absolute atomic E-state index is 0. The van der Waals surface area contributed by atoms with Gasteiger partial charge < -0.3 is 15.5 Å². The van der Waals surface area contributed by atoms with Crippen LogP contribution in [0.25, 0.3) is 0 Å². The van der Waals surface area contributed by atoms with Crippen molar-refractivity contribution in [1.29, 1.82) is 0 Å². The molecule has 2 N–H and O–H groups in total. The van der Waals surface area contributed by atoms with Crippen molar-refractivity contribution in [3.63, 3.8) is 0 Å². The van der Waals surface area contributed by atoms with E-state index in [-0.39, 0.29) is 29.9 Å².